The molecular weight excluding hydrogens is 705 g/mol. The molecule has 0 saturated carbocycles. The number of nitrogens with zero attached hydrogens (tertiary/aromatic N) is 2. The van der Waals surface area contributed by atoms with Crippen LogP contribution in [0.2, 0.25) is 0 Å². The normalized spacial score (nSPS) is 13.1. The van der Waals surface area contributed by atoms with Gasteiger partial charge in [0.05, 0.1) is 11.0 Å². The molecular formula is C55H38N2O. The quantitative estimate of drug-likeness (QED) is 0.175. The van der Waals surface area contributed by atoms with Crippen LogP contribution in [0.25, 0.3) is 82.5 Å². The molecule has 0 bridgehead atoms. The fraction of sp³-hybridized carbons (Fsp3) is 0.0545. The molecule has 0 amide bonds. The number of para-hydroxylation sites is 2. The van der Waals surface area contributed by atoms with Crippen molar-refractivity contribution in [1.29, 1.82) is 0 Å². The van der Waals surface area contributed by atoms with Crippen LogP contribution in [0.1, 0.15) is 25.0 Å². The van der Waals surface area contributed by atoms with Crippen molar-refractivity contribution in [2.24, 2.45) is 0 Å². The van der Waals surface area contributed by atoms with Gasteiger partial charge in [-0.05, 0) is 123 Å². The van der Waals surface area contributed by atoms with Gasteiger partial charge in [0.2, 0.25) is 0 Å². The third kappa shape index (κ3) is 4.80. The minimum atomic E-state index is -0.126. The third-order valence-corrected chi connectivity index (χ3v) is 12.5. The van der Waals surface area contributed by atoms with E-state index in [9.17, 15) is 0 Å². The maximum atomic E-state index is 6.36. The first kappa shape index (κ1) is 32.8. The van der Waals surface area contributed by atoms with E-state index in [-0.39, 0.29) is 5.41 Å². The Morgan fingerprint density at radius 2 is 1.12 bits per heavy atom. The van der Waals surface area contributed by atoms with Gasteiger partial charge in [-0.1, -0.05) is 129 Å². The van der Waals surface area contributed by atoms with E-state index < -0.39 is 0 Å². The molecule has 274 valence electrons. The van der Waals surface area contributed by atoms with Crippen LogP contribution in [0.15, 0.2) is 199 Å². The molecule has 9 aromatic carbocycles. The zero-order chi connectivity index (χ0) is 38.5. The fourth-order valence-electron chi connectivity index (χ4n) is 9.78. The van der Waals surface area contributed by atoms with E-state index in [1.807, 2.05) is 6.07 Å². The number of hydrogen-bond donors (Lipinski definition) is 0. The molecule has 0 spiro atoms. The van der Waals surface area contributed by atoms with Gasteiger partial charge < -0.3 is 13.9 Å². The van der Waals surface area contributed by atoms with Gasteiger partial charge >= 0.3 is 0 Å². The van der Waals surface area contributed by atoms with E-state index in [0.29, 0.717) is 0 Å². The monoisotopic (exact) mass is 742 g/mol. The lowest BCUT2D eigenvalue weighted by Crippen LogP contribution is -2.16. The lowest BCUT2D eigenvalue weighted by atomic mass is 9.82. The van der Waals surface area contributed by atoms with Gasteiger partial charge in [0.25, 0.3) is 0 Å². The molecule has 2 heterocycles. The number of furan rings is 1. The molecule has 12 rings (SSSR count). The lowest BCUT2D eigenvalue weighted by Gasteiger charge is -2.28. The largest absolute Gasteiger partial charge is 0.456 e. The SMILES string of the molecule is CC1(C)c2ccccc2-c2ccc(N(c3cccc(-c4ccccc4)c3)c3ccc4c(c3)c3cc5ccc6oc7ccccc7c6c5cc3n4-c3ccccc3)cc21. The van der Waals surface area contributed by atoms with Gasteiger partial charge in [0.1, 0.15) is 11.2 Å². The molecule has 0 atom stereocenters. The first-order valence-electron chi connectivity index (χ1n) is 20.1. The Morgan fingerprint density at radius 3 is 2.00 bits per heavy atom. The van der Waals surface area contributed by atoms with Crippen LogP contribution in [-0.2, 0) is 5.41 Å². The van der Waals surface area contributed by atoms with Crippen LogP contribution in [0.5, 0.6) is 0 Å². The number of aromatic nitrogens is 1. The second kappa shape index (κ2) is 12.3. The second-order valence-electron chi connectivity index (χ2n) is 16.2. The number of benzene rings is 9. The summed E-state index contributed by atoms with van der Waals surface area (Å²) >= 11 is 0. The average Bonchev–Trinajstić information content (AvgIpc) is 3.89. The minimum absolute atomic E-state index is 0.126. The zero-order valence-corrected chi connectivity index (χ0v) is 32.3. The summed E-state index contributed by atoms with van der Waals surface area (Å²) in [6, 6.07) is 70.8. The van der Waals surface area contributed by atoms with Crippen LogP contribution in [0, 0.1) is 0 Å². The van der Waals surface area contributed by atoms with E-state index in [1.165, 1.54) is 60.4 Å². The Labute approximate surface area is 336 Å². The molecule has 11 aromatic rings. The molecule has 0 aliphatic heterocycles. The number of fused-ring (bicyclic) bond motifs is 11. The van der Waals surface area contributed by atoms with Crippen molar-refractivity contribution in [1.82, 2.24) is 4.57 Å². The maximum absolute atomic E-state index is 6.36. The Morgan fingerprint density at radius 1 is 0.431 bits per heavy atom. The molecule has 3 nitrogen and oxygen atoms in total. The van der Waals surface area contributed by atoms with Crippen molar-refractivity contribution in [2.45, 2.75) is 19.3 Å². The number of hydrogen-bond acceptors (Lipinski definition) is 2. The predicted octanol–water partition coefficient (Wildman–Crippen LogP) is 15.3. The Bertz CT molecular complexity index is 3430. The smallest absolute Gasteiger partial charge is 0.136 e. The average molecular weight is 743 g/mol. The third-order valence-electron chi connectivity index (χ3n) is 12.5. The van der Waals surface area contributed by atoms with Gasteiger partial charge in [-0.2, -0.15) is 0 Å². The predicted molar refractivity (Wildman–Crippen MR) is 243 cm³/mol. The van der Waals surface area contributed by atoms with Gasteiger partial charge in [-0.15, -0.1) is 0 Å². The fourth-order valence-corrected chi connectivity index (χ4v) is 9.78. The van der Waals surface area contributed by atoms with Gasteiger partial charge in [0.15, 0.2) is 0 Å². The molecule has 1 aliphatic rings. The van der Waals surface area contributed by atoms with Crippen molar-refractivity contribution >= 4 is 71.6 Å². The topological polar surface area (TPSA) is 21.3 Å². The van der Waals surface area contributed by atoms with Crippen molar-refractivity contribution in [3.63, 3.8) is 0 Å². The van der Waals surface area contributed by atoms with Crippen molar-refractivity contribution in [3.05, 3.63) is 205 Å². The van der Waals surface area contributed by atoms with E-state index in [4.69, 9.17) is 4.42 Å². The van der Waals surface area contributed by atoms with Crippen molar-refractivity contribution < 1.29 is 4.42 Å². The summed E-state index contributed by atoms with van der Waals surface area (Å²) in [4.78, 5) is 2.44. The summed E-state index contributed by atoms with van der Waals surface area (Å²) in [6.07, 6.45) is 0. The molecule has 0 N–H and O–H groups in total. The van der Waals surface area contributed by atoms with Crippen LogP contribution in [0.3, 0.4) is 0 Å². The molecule has 2 aromatic heterocycles. The highest BCUT2D eigenvalue weighted by Gasteiger charge is 2.36. The van der Waals surface area contributed by atoms with Gasteiger partial charge in [-0.25, -0.2) is 0 Å². The highest BCUT2D eigenvalue weighted by molar-refractivity contribution is 6.23. The first-order valence-corrected chi connectivity index (χ1v) is 20.1. The Balaban J connectivity index is 1.12. The van der Waals surface area contributed by atoms with Gasteiger partial charge in [-0.3, -0.25) is 0 Å². The molecule has 0 unspecified atom stereocenters. The molecule has 58 heavy (non-hydrogen) atoms. The van der Waals surface area contributed by atoms with Crippen LogP contribution in [0.4, 0.5) is 17.1 Å². The van der Waals surface area contributed by atoms with Crippen LogP contribution < -0.4 is 4.90 Å². The summed E-state index contributed by atoms with van der Waals surface area (Å²) in [5, 5.41) is 7.10. The molecule has 0 saturated heterocycles. The van der Waals surface area contributed by atoms with Crippen LogP contribution in [-0.4, -0.2) is 4.57 Å². The standard InChI is InChI=1S/C55H38N2O/c1-55(2)48-22-11-9-20-42(48)43-27-25-41(33-49(43)55)56(39-19-13-16-36(30-39)35-14-5-3-6-15-35)40-26-28-50-47(32-40)46-31-37-24-29-53-54(44-21-10-12-23-52(44)58-53)45(37)34-51(46)57(50)38-17-7-4-8-18-38/h3-34H,1-2H3. The summed E-state index contributed by atoms with van der Waals surface area (Å²) in [5.74, 6) is 0. The number of anilines is 3. The molecule has 0 radical (unpaired) electrons. The highest BCUT2D eigenvalue weighted by atomic mass is 16.3. The Hall–Kier alpha value is -7.36. The summed E-state index contributed by atoms with van der Waals surface area (Å²) in [7, 11) is 0. The van der Waals surface area contributed by atoms with E-state index >= 15 is 0 Å². The molecule has 0 fully saturated rings. The minimum Gasteiger partial charge on any atom is -0.456 e. The van der Waals surface area contributed by atoms with Crippen LogP contribution >= 0.6 is 0 Å². The summed E-state index contributed by atoms with van der Waals surface area (Å²) in [6.45, 7) is 4.72. The molecule has 1 aliphatic carbocycles. The van der Waals surface area contributed by atoms with Crippen molar-refractivity contribution in [2.75, 3.05) is 4.90 Å². The number of rotatable bonds is 5. The summed E-state index contributed by atoms with van der Waals surface area (Å²) in [5.41, 5.74) is 16.3. The van der Waals surface area contributed by atoms with E-state index in [2.05, 4.69) is 211 Å². The highest BCUT2D eigenvalue weighted by Crippen LogP contribution is 2.51. The van der Waals surface area contributed by atoms with Crippen molar-refractivity contribution in [3.8, 4) is 27.9 Å². The lowest BCUT2D eigenvalue weighted by molar-refractivity contribution is 0.660. The Kier molecular flexibility index (Phi) is 6.98. The summed E-state index contributed by atoms with van der Waals surface area (Å²) < 4.78 is 8.78. The van der Waals surface area contributed by atoms with Gasteiger partial charge in [0, 0.05) is 49.7 Å². The van der Waals surface area contributed by atoms with E-state index in [1.54, 1.807) is 0 Å². The first-order chi connectivity index (χ1) is 28.5. The van der Waals surface area contributed by atoms with E-state index in [0.717, 1.165) is 50.2 Å². The zero-order valence-electron chi connectivity index (χ0n) is 32.3. The maximum Gasteiger partial charge on any atom is 0.136 e. The molecule has 3 heteroatoms. The second-order valence-corrected chi connectivity index (χ2v) is 16.2.